The molecule has 1 aromatic heterocycles. The SMILES string of the molecule is Cc1ccc([C@H](CNC(=O)CNC(=O)c2ccoc2C)N2CCCC2)cc1. The van der Waals surface area contributed by atoms with Gasteiger partial charge in [-0.2, -0.15) is 0 Å². The van der Waals surface area contributed by atoms with E-state index in [2.05, 4.69) is 46.7 Å². The number of hydrogen-bond acceptors (Lipinski definition) is 4. The predicted molar refractivity (Wildman–Crippen MR) is 104 cm³/mol. The third kappa shape index (κ3) is 4.98. The number of carbonyl (C=O) groups excluding carboxylic acids is 2. The third-order valence-electron chi connectivity index (χ3n) is 5.05. The summed E-state index contributed by atoms with van der Waals surface area (Å²) < 4.78 is 5.12. The number of likely N-dealkylation sites (tertiary alicyclic amines) is 1. The molecular weight excluding hydrogens is 342 g/mol. The number of benzene rings is 1. The number of nitrogens with one attached hydrogen (secondary N) is 2. The van der Waals surface area contributed by atoms with Crippen molar-refractivity contribution >= 4 is 11.8 Å². The van der Waals surface area contributed by atoms with Crippen LogP contribution in [0.5, 0.6) is 0 Å². The van der Waals surface area contributed by atoms with Gasteiger partial charge in [0.15, 0.2) is 0 Å². The lowest BCUT2D eigenvalue weighted by Gasteiger charge is -2.28. The van der Waals surface area contributed by atoms with Crippen LogP contribution in [-0.4, -0.2) is 42.9 Å². The first kappa shape index (κ1) is 19.2. The van der Waals surface area contributed by atoms with Crippen LogP contribution in [0.1, 0.15) is 46.1 Å². The van der Waals surface area contributed by atoms with Crippen LogP contribution >= 0.6 is 0 Å². The van der Waals surface area contributed by atoms with Gasteiger partial charge in [-0.3, -0.25) is 14.5 Å². The lowest BCUT2D eigenvalue weighted by Crippen LogP contribution is -2.41. The van der Waals surface area contributed by atoms with Crippen LogP contribution in [0, 0.1) is 13.8 Å². The Morgan fingerprint density at radius 3 is 2.41 bits per heavy atom. The van der Waals surface area contributed by atoms with Crippen LogP contribution in [0.3, 0.4) is 0 Å². The quantitative estimate of drug-likeness (QED) is 0.787. The zero-order valence-corrected chi connectivity index (χ0v) is 16.0. The number of furan rings is 1. The van der Waals surface area contributed by atoms with E-state index in [-0.39, 0.29) is 24.4 Å². The Morgan fingerprint density at radius 2 is 1.78 bits per heavy atom. The molecule has 6 heteroatoms. The molecule has 6 nitrogen and oxygen atoms in total. The van der Waals surface area contributed by atoms with Gasteiger partial charge in [0.05, 0.1) is 24.4 Å². The van der Waals surface area contributed by atoms with Crippen molar-refractivity contribution in [1.82, 2.24) is 15.5 Å². The molecule has 1 aromatic carbocycles. The molecule has 1 fully saturated rings. The fraction of sp³-hybridized carbons (Fsp3) is 0.429. The number of nitrogens with zero attached hydrogens (tertiary/aromatic N) is 1. The summed E-state index contributed by atoms with van der Waals surface area (Å²) in [5.41, 5.74) is 2.89. The highest BCUT2D eigenvalue weighted by Gasteiger charge is 2.24. The zero-order chi connectivity index (χ0) is 19.2. The minimum absolute atomic E-state index is 0.0515. The molecular formula is C21H27N3O3. The fourth-order valence-electron chi connectivity index (χ4n) is 3.45. The Kier molecular flexibility index (Phi) is 6.29. The highest BCUT2D eigenvalue weighted by Crippen LogP contribution is 2.24. The summed E-state index contributed by atoms with van der Waals surface area (Å²) in [5.74, 6) is 0.0493. The molecule has 1 aliphatic heterocycles. The van der Waals surface area contributed by atoms with Crippen molar-refractivity contribution in [3.05, 3.63) is 59.0 Å². The molecule has 0 radical (unpaired) electrons. The van der Waals surface area contributed by atoms with E-state index in [1.807, 2.05) is 0 Å². The van der Waals surface area contributed by atoms with Gasteiger partial charge in [0, 0.05) is 6.54 Å². The largest absolute Gasteiger partial charge is 0.469 e. The summed E-state index contributed by atoms with van der Waals surface area (Å²) in [4.78, 5) is 26.7. The summed E-state index contributed by atoms with van der Waals surface area (Å²) in [5, 5.41) is 5.61. The molecule has 2 N–H and O–H groups in total. The van der Waals surface area contributed by atoms with E-state index in [9.17, 15) is 9.59 Å². The van der Waals surface area contributed by atoms with Crippen molar-refractivity contribution in [3.8, 4) is 0 Å². The maximum Gasteiger partial charge on any atom is 0.255 e. The molecule has 0 unspecified atom stereocenters. The third-order valence-corrected chi connectivity index (χ3v) is 5.05. The molecule has 144 valence electrons. The van der Waals surface area contributed by atoms with Crippen molar-refractivity contribution in [3.63, 3.8) is 0 Å². The van der Waals surface area contributed by atoms with Crippen molar-refractivity contribution in [2.75, 3.05) is 26.2 Å². The average Bonchev–Trinajstić information content (AvgIpc) is 3.33. The van der Waals surface area contributed by atoms with Gasteiger partial charge in [-0.15, -0.1) is 0 Å². The van der Waals surface area contributed by atoms with Crippen LogP contribution < -0.4 is 10.6 Å². The molecule has 1 atom stereocenters. The van der Waals surface area contributed by atoms with Gasteiger partial charge in [-0.1, -0.05) is 29.8 Å². The molecule has 0 bridgehead atoms. The van der Waals surface area contributed by atoms with E-state index in [1.165, 1.54) is 30.2 Å². The second-order valence-corrected chi connectivity index (χ2v) is 7.05. The van der Waals surface area contributed by atoms with Crippen LogP contribution in [0.25, 0.3) is 0 Å². The highest BCUT2D eigenvalue weighted by atomic mass is 16.3. The summed E-state index contributed by atoms with van der Waals surface area (Å²) >= 11 is 0. The van der Waals surface area contributed by atoms with E-state index < -0.39 is 0 Å². The van der Waals surface area contributed by atoms with Gasteiger partial charge in [-0.25, -0.2) is 0 Å². The normalized spacial score (nSPS) is 15.5. The van der Waals surface area contributed by atoms with Crippen molar-refractivity contribution < 1.29 is 14.0 Å². The minimum Gasteiger partial charge on any atom is -0.469 e. The Balaban J connectivity index is 1.54. The van der Waals surface area contributed by atoms with Crippen molar-refractivity contribution in [2.24, 2.45) is 0 Å². The van der Waals surface area contributed by atoms with Gasteiger partial charge in [-0.05, 0) is 51.4 Å². The lowest BCUT2D eigenvalue weighted by molar-refractivity contribution is -0.120. The molecule has 0 spiro atoms. The number of amides is 2. The summed E-state index contributed by atoms with van der Waals surface area (Å²) in [6, 6.07) is 10.2. The van der Waals surface area contributed by atoms with Gasteiger partial charge >= 0.3 is 0 Å². The minimum atomic E-state index is -0.300. The second-order valence-electron chi connectivity index (χ2n) is 7.05. The Labute approximate surface area is 159 Å². The Morgan fingerprint density at radius 1 is 1.07 bits per heavy atom. The molecule has 2 heterocycles. The summed E-state index contributed by atoms with van der Waals surface area (Å²) in [6.07, 6.45) is 3.85. The lowest BCUT2D eigenvalue weighted by atomic mass is 10.0. The molecule has 0 aliphatic carbocycles. The van der Waals surface area contributed by atoms with E-state index >= 15 is 0 Å². The van der Waals surface area contributed by atoms with E-state index in [0.29, 0.717) is 17.9 Å². The Hall–Kier alpha value is -2.60. The van der Waals surface area contributed by atoms with Gasteiger partial charge in [0.1, 0.15) is 5.76 Å². The fourth-order valence-corrected chi connectivity index (χ4v) is 3.45. The van der Waals surface area contributed by atoms with Crippen LogP contribution in [-0.2, 0) is 4.79 Å². The second kappa shape index (κ2) is 8.86. The zero-order valence-electron chi connectivity index (χ0n) is 16.0. The molecule has 2 amide bonds. The van der Waals surface area contributed by atoms with Gasteiger partial charge in [0.25, 0.3) is 5.91 Å². The molecule has 27 heavy (non-hydrogen) atoms. The first-order valence-corrected chi connectivity index (χ1v) is 9.44. The summed E-state index contributed by atoms with van der Waals surface area (Å²) in [7, 11) is 0. The molecule has 1 saturated heterocycles. The first-order valence-electron chi connectivity index (χ1n) is 9.44. The number of carbonyl (C=O) groups is 2. The topological polar surface area (TPSA) is 74.6 Å². The molecule has 1 aliphatic rings. The highest BCUT2D eigenvalue weighted by molar-refractivity contribution is 5.97. The van der Waals surface area contributed by atoms with Crippen LogP contribution in [0.2, 0.25) is 0 Å². The van der Waals surface area contributed by atoms with Crippen molar-refractivity contribution in [1.29, 1.82) is 0 Å². The van der Waals surface area contributed by atoms with Crippen LogP contribution in [0.15, 0.2) is 41.0 Å². The Bertz CT molecular complexity index is 776. The first-order chi connectivity index (χ1) is 13.0. The molecule has 0 saturated carbocycles. The van der Waals surface area contributed by atoms with E-state index in [1.54, 1.807) is 13.0 Å². The number of hydrogen-bond donors (Lipinski definition) is 2. The van der Waals surface area contributed by atoms with Gasteiger partial charge < -0.3 is 15.1 Å². The standard InChI is InChI=1S/C21H27N3O3/c1-15-5-7-17(8-6-15)19(24-10-3-4-11-24)13-22-20(25)14-23-21(26)18-9-12-27-16(18)2/h5-9,12,19H,3-4,10-11,13-14H2,1-2H3,(H,22,25)(H,23,26)/t19-/m0/s1. The maximum absolute atomic E-state index is 12.2. The van der Waals surface area contributed by atoms with Gasteiger partial charge in [0.2, 0.25) is 5.91 Å². The average molecular weight is 369 g/mol. The molecule has 2 aromatic rings. The maximum atomic E-state index is 12.2. The smallest absolute Gasteiger partial charge is 0.255 e. The summed E-state index contributed by atoms with van der Waals surface area (Å²) in [6.45, 7) is 6.36. The number of rotatable bonds is 7. The van der Waals surface area contributed by atoms with E-state index in [4.69, 9.17) is 4.42 Å². The monoisotopic (exact) mass is 369 g/mol. The predicted octanol–water partition coefficient (Wildman–Crippen LogP) is 2.58. The number of aryl methyl sites for hydroxylation is 2. The van der Waals surface area contributed by atoms with Crippen LogP contribution in [0.4, 0.5) is 0 Å². The molecule has 3 rings (SSSR count). The van der Waals surface area contributed by atoms with E-state index in [0.717, 1.165) is 13.1 Å². The van der Waals surface area contributed by atoms with Crippen molar-refractivity contribution in [2.45, 2.75) is 32.7 Å².